The van der Waals surface area contributed by atoms with Crippen LogP contribution in [0.3, 0.4) is 0 Å². The molecule has 7 aromatic heterocycles. The highest BCUT2D eigenvalue weighted by Gasteiger charge is 2.34. The minimum atomic E-state index is -1.36. The van der Waals surface area contributed by atoms with Crippen LogP contribution >= 0.6 is 11.6 Å². The number of fused-ring (bicyclic) bond motifs is 8. The van der Waals surface area contributed by atoms with Gasteiger partial charge in [-0.1, -0.05) is 19.0 Å². The number of rotatable bonds is 8. The van der Waals surface area contributed by atoms with Crippen LogP contribution in [0.1, 0.15) is 63.5 Å². The summed E-state index contributed by atoms with van der Waals surface area (Å²) >= 11 is 6.42. The maximum Gasteiger partial charge on any atom is 0.353 e. The number of carbonyl (C=O) groups is 2. The molecule has 9 heterocycles. The molecule has 0 fully saturated rings. The van der Waals surface area contributed by atoms with Gasteiger partial charge in [-0.15, -0.1) is 0 Å². The molecular weight excluding hydrogens is 975 g/mol. The summed E-state index contributed by atoms with van der Waals surface area (Å²) in [6.07, 6.45) is 4.93. The van der Waals surface area contributed by atoms with Crippen molar-refractivity contribution in [1.29, 1.82) is 0 Å². The lowest BCUT2D eigenvalue weighted by atomic mass is 9.97. The predicted octanol–water partition coefficient (Wildman–Crippen LogP) is 8.16. The molecule has 19 nitrogen and oxygen atoms in total. The molecule has 0 bridgehead atoms. The standard InChI is InChI=1S/C25H19F2N5O4.C24H18ClFN6O4.CH4/c26-15-8-17-14(23(28)31-30-17)7-11(15)10-32-18-9-16(27)12-4-2-6-36-22(12)20(18)19(21(32)25(34)35)13-3-1-5-29-24(13)33;25-20-10(7-13-21(27)30-31-22(13)29-20)9-32-15-8-14(26)11-4-2-6-36-19(11)17(15)16(18(32)24(34)35)12-3-1-5-28-23(12)33;/h1,3,5,7-9H,2,4,6,10H2,(H,29,33)(H,34,35)(H3,28,30,31);1,3,5,7-8H,2,4,6,9H2,(H,28,33)(H,34,35)(H3,27,29,30,31);1H4. The monoisotopic (exact) mass is 1020 g/mol. The van der Waals surface area contributed by atoms with Crippen LogP contribution in [0.5, 0.6) is 11.5 Å². The van der Waals surface area contributed by atoms with E-state index in [0.29, 0.717) is 88.3 Å². The van der Waals surface area contributed by atoms with Crippen LogP contribution < -0.4 is 32.1 Å². The van der Waals surface area contributed by atoms with Crippen LogP contribution in [0.15, 0.2) is 76.6 Å². The lowest BCUT2D eigenvalue weighted by Gasteiger charge is -2.20. The normalized spacial score (nSPS) is 13.0. The number of nitrogens with two attached hydrogens (primary N) is 2. The number of anilines is 2. The Morgan fingerprint density at radius 3 is 1.75 bits per heavy atom. The molecule has 10 aromatic rings. The highest BCUT2D eigenvalue weighted by Crippen LogP contribution is 2.46. The van der Waals surface area contributed by atoms with Gasteiger partial charge in [-0.3, -0.25) is 19.8 Å². The average Bonchev–Trinajstić information content (AvgIpc) is 4.10. The molecule has 0 amide bonds. The van der Waals surface area contributed by atoms with Gasteiger partial charge >= 0.3 is 11.9 Å². The van der Waals surface area contributed by atoms with Crippen LogP contribution in [0, 0.1) is 17.5 Å². The Labute approximate surface area is 413 Å². The van der Waals surface area contributed by atoms with E-state index in [4.69, 9.17) is 32.5 Å². The van der Waals surface area contributed by atoms with Crippen LogP contribution in [-0.4, -0.2) is 79.8 Å². The first-order chi connectivity index (χ1) is 34.7. The number of nitrogens with zero attached hydrogens (tertiary/aromatic N) is 5. The summed E-state index contributed by atoms with van der Waals surface area (Å²) in [4.78, 5) is 60.3. The second-order valence-corrected chi connectivity index (χ2v) is 17.5. The molecule has 12 rings (SSSR count). The lowest BCUT2D eigenvalue weighted by Crippen LogP contribution is -2.14. The van der Waals surface area contributed by atoms with E-state index in [0.717, 1.165) is 0 Å². The number of H-pyrrole nitrogens is 4. The Kier molecular flexibility index (Phi) is 11.9. The van der Waals surface area contributed by atoms with Crippen LogP contribution in [0.25, 0.3) is 66.0 Å². The molecule has 2 aliphatic heterocycles. The average molecular weight is 1020 g/mol. The third-order valence-corrected chi connectivity index (χ3v) is 13.3. The van der Waals surface area contributed by atoms with Crippen molar-refractivity contribution >= 4 is 78.9 Å². The first-order valence-corrected chi connectivity index (χ1v) is 22.6. The molecule has 10 N–H and O–H groups in total. The Morgan fingerprint density at radius 1 is 0.712 bits per heavy atom. The number of nitrogen functional groups attached to an aromatic ring is 2. The van der Waals surface area contributed by atoms with Gasteiger partial charge in [0.25, 0.3) is 11.1 Å². The van der Waals surface area contributed by atoms with Crippen molar-refractivity contribution in [2.75, 3.05) is 24.7 Å². The van der Waals surface area contributed by atoms with Gasteiger partial charge < -0.3 is 50.3 Å². The first-order valence-electron chi connectivity index (χ1n) is 22.2. The fourth-order valence-corrected chi connectivity index (χ4v) is 9.98. The second-order valence-electron chi connectivity index (χ2n) is 17.1. The van der Waals surface area contributed by atoms with Gasteiger partial charge in [0.15, 0.2) is 11.5 Å². The molecule has 23 heteroatoms. The highest BCUT2D eigenvalue weighted by molar-refractivity contribution is 6.30. The smallest absolute Gasteiger partial charge is 0.353 e. The molecule has 0 radical (unpaired) electrons. The Bertz CT molecular complexity index is 3800. The molecule has 0 atom stereocenters. The number of benzene rings is 3. The summed E-state index contributed by atoms with van der Waals surface area (Å²) in [5.74, 6) is -3.49. The summed E-state index contributed by atoms with van der Waals surface area (Å²) < 4.78 is 60.0. The number of nitrogens with one attached hydrogen (secondary N) is 4. The minimum Gasteiger partial charge on any atom is -0.492 e. The number of aromatic nitrogens is 9. The number of ether oxygens (including phenoxy) is 2. The molecule has 0 aliphatic carbocycles. The Balaban J connectivity index is 0.000000165. The third kappa shape index (κ3) is 7.82. The van der Waals surface area contributed by atoms with Gasteiger partial charge in [-0.05, 0) is 80.3 Å². The number of hydrogen-bond acceptors (Lipinski definition) is 11. The molecule has 3 aromatic carbocycles. The summed E-state index contributed by atoms with van der Waals surface area (Å²) in [6.45, 7) is 0.297. The summed E-state index contributed by atoms with van der Waals surface area (Å²) in [5, 5.41) is 35.5. The third-order valence-electron chi connectivity index (χ3n) is 12.9. The number of pyridine rings is 3. The molecule has 0 unspecified atom stereocenters. The fourth-order valence-electron chi connectivity index (χ4n) is 9.79. The van der Waals surface area contributed by atoms with Gasteiger partial charge in [0.1, 0.15) is 51.3 Å². The fraction of sp³-hybridized carbons (Fsp3) is 0.180. The van der Waals surface area contributed by atoms with Crippen LogP contribution in [-0.2, 0) is 25.9 Å². The Hall–Kier alpha value is -9.05. The van der Waals surface area contributed by atoms with E-state index >= 15 is 13.2 Å². The zero-order valence-corrected chi connectivity index (χ0v) is 38.0. The van der Waals surface area contributed by atoms with Crippen LogP contribution in [0.2, 0.25) is 5.15 Å². The summed E-state index contributed by atoms with van der Waals surface area (Å²) in [5.41, 5.74) is 13.1. The van der Waals surface area contributed by atoms with Crippen molar-refractivity contribution in [3.63, 3.8) is 0 Å². The quantitative estimate of drug-likeness (QED) is 0.0668. The van der Waals surface area contributed by atoms with Crippen LogP contribution in [0.4, 0.5) is 24.8 Å². The highest BCUT2D eigenvalue weighted by atomic mass is 35.5. The molecular formula is C50H41ClF3N11O8. The number of carboxylic acid groups (broad SMARTS) is 2. The van der Waals surface area contributed by atoms with E-state index in [1.54, 1.807) is 18.2 Å². The van der Waals surface area contributed by atoms with Crippen molar-refractivity contribution in [2.45, 2.75) is 46.2 Å². The molecule has 0 spiro atoms. The van der Waals surface area contributed by atoms with E-state index < -0.39 is 40.5 Å². The van der Waals surface area contributed by atoms with E-state index in [1.165, 1.54) is 57.9 Å². The number of aromatic amines is 4. The van der Waals surface area contributed by atoms with E-state index in [-0.39, 0.29) is 99.0 Å². The zero-order chi connectivity index (χ0) is 50.3. The first kappa shape index (κ1) is 47.6. The van der Waals surface area contributed by atoms with Gasteiger partial charge in [0.05, 0.1) is 70.1 Å². The number of hydrogen-bond donors (Lipinski definition) is 8. The molecule has 0 saturated carbocycles. The number of carboxylic acids is 2. The maximum atomic E-state index is 15.3. The minimum absolute atomic E-state index is 0. The summed E-state index contributed by atoms with van der Waals surface area (Å²) in [7, 11) is 0. The largest absolute Gasteiger partial charge is 0.492 e. The molecule has 73 heavy (non-hydrogen) atoms. The van der Waals surface area contributed by atoms with Crippen molar-refractivity contribution in [1.82, 2.24) is 44.5 Å². The van der Waals surface area contributed by atoms with Gasteiger partial charge in [-0.25, -0.2) is 27.7 Å². The predicted molar refractivity (Wildman–Crippen MR) is 266 cm³/mol. The number of aromatic carboxylic acids is 2. The summed E-state index contributed by atoms with van der Waals surface area (Å²) in [6, 6.07) is 13.0. The Morgan fingerprint density at radius 2 is 1.23 bits per heavy atom. The number of halogens is 4. The van der Waals surface area contributed by atoms with E-state index in [1.807, 2.05) is 0 Å². The van der Waals surface area contributed by atoms with Gasteiger partial charge in [-0.2, -0.15) is 10.2 Å². The molecule has 2 aliphatic rings. The van der Waals surface area contributed by atoms with Crippen molar-refractivity contribution in [3.05, 3.63) is 144 Å². The van der Waals surface area contributed by atoms with E-state index in [9.17, 15) is 29.4 Å². The van der Waals surface area contributed by atoms with Crippen molar-refractivity contribution in [3.8, 4) is 33.8 Å². The van der Waals surface area contributed by atoms with Gasteiger partial charge in [0.2, 0.25) is 0 Å². The van der Waals surface area contributed by atoms with E-state index in [2.05, 4.69) is 35.3 Å². The van der Waals surface area contributed by atoms with Crippen molar-refractivity contribution < 1.29 is 42.4 Å². The zero-order valence-electron chi connectivity index (χ0n) is 37.3. The maximum absolute atomic E-state index is 15.3. The topological polar surface area (TPSA) is 291 Å². The molecule has 0 saturated heterocycles. The lowest BCUT2D eigenvalue weighted by molar-refractivity contribution is 0.0676. The molecule has 372 valence electrons. The van der Waals surface area contributed by atoms with Gasteiger partial charge in [0, 0.05) is 51.2 Å². The SMILES string of the molecule is C.Nc1[nH]nc2nc(Cl)c(Cn3c(C(=O)O)c(-c4ccc[nH]c4=O)c4c5c(c(F)cc43)CCCO5)cc12.Nc1n[nH]c2cc(F)c(Cn3c(C(=O)O)c(-c4ccc[nH]c4=O)c4c5c(c(F)cc43)CCCO5)cc12. The second kappa shape index (κ2) is 18.3. The van der Waals surface area contributed by atoms with Crippen molar-refractivity contribution in [2.24, 2.45) is 0 Å².